The second-order valence-corrected chi connectivity index (χ2v) is 4.78. The topological polar surface area (TPSA) is 79.5 Å². The van der Waals surface area contributed by atoms with Crippen molar-refractivity contribution in [3.63, 3.8) is 0 Å². The minimum atomic E-state index is -4.83. The number of para-hydroxylation sites is 1. The molecule has 9 heteroatoms. The molecule has 2 aromatic rings. The molecule has 0 aliphatic carbocycles. The number of hydrogen-bond donors (Lipinski definition) is 3. The number of benzene rings is 2. The van der Waals surface area contributed by atoms with E-state index in [9.17, 15) is 22.8 Å². The molecule has 0 aliphatic heterocycles. The maximum Gasteiger partial charge on any atom is 0.573 e. The molecule has 6 nitrogen and oxygen atoms in total. The molecule has 25 heavy (non-hydrogen) atoms. The zero-order valence-corrected chi connectivity index (χ0v) is 12.8. The molecule has 0 bridgehead atoms. The van der Waals surface area contributed by atoms with Gasteiger partial charge in [0.05, 0.1) is 0 Å². The van der Waals surface area contributed by atoms with E-state index in [0.29, 0.717) is 5.56 Å². The monoisotopic (exact) mass is 353 g/mol. The van der Waals surface area contributed by atoms with E-state index < -0.39 is 24.1 Å². The summed E-state index contributed by atoms with van der Waals surface area (Å²) in [4.78, 5) is 23.4. The molecule has 0 radical (unpaired) electrons. The van der Waals surface area contributed by atoms with Crippen molar-refractivity contribution in [1.82, 2.24) is 16.2 Å². The summed E-state index contributed by atoms with van der Waals surface area (Å²) in [7, 11) is 0. The Kier molecular flexibility index (Phi) is 5.83. The minimum absolute atomic E-state index is 0.129. The van der Waals surface area contributed by atoms with E-state index in [-0.39, 0.29) is 12.1 Å². The third-order valence-electron chi connectivity index (χ3n) is 2.96. The zero-order chi connectivity index (χ0) is 18.3. The van der Waals surface area contributed by atoms with Crippen molar-refractivity contribution >= 4 is 11.9 Å². The van der Waals surface area contributed by atoms with Gasteiger partial charge in [0.15, 0.2) is 0 Å². The molecule has 3 amide bonds. The number of carbonyl (C=O) groups excluding carboxylic acids is 2. The van der Waals surface area contributed by atoms with Crippen molar-refractivity contribution in [1.29, 1.82) is 0 Å². The first-order valence-electron chi connectivity index (χ1n) is 7.08. The molecular formula is C16H14F3N3O3. The molecule has 0 aromatic heterocycles. The predicted molar refractivity (Wildman–Crippen MR) is 82.4 cm³/mol. The highest BCUT2D eigenvalue weighted by Gasteiger charge is 2.31. The maximum absolute atomic E-state index is 12.3. The van der Waals surface area contributed by atoms with Crippen LogP contribution < -0.4 is 20.9 Å². The molecule has 0 saturated heterocycles. The van der Waals surface area contributed by atoms with Crippen LogP contribution in [0.4, 0.5) is 18.0 Å². The van der Waals surface area contributed by atoms with Gasteiger partial charge in [-0.05, 0) is 18.2 Å². The van der Waals surface area contributed by atoms with Crippen molar-refractivity contribution < 1.29 is 27.5 Å². The van der Waals surface area contributed by atoms with Crippen molar-refractivity contribution in [3.8, 4) is 5.75 Å². The third-order valence-corrected chi connectivity index (χ3v) is 2.96. The van der Waals surface area contributed by atoms with Crippen molar-refractivity contribution in [3.05, 3.63) is 65.7 Å². The van der Waals surface area contributed by atoms with Crippen molar-refractivity contribution in [2.24, 2.45) is 0 Å². The van der Waals surface area contributed by atoms with Crippen LogP contribution in [-0.4, -0.2) is 18.3 Å². The molecule has 0 atom stereocenters. The summed E-state index contributed by atoms with van der Waals surface area (Å²) in [5.41, 5.74) is 4.75. The van der Waals surface area contributed by atoms with E-state index in [4.69, 9.17) is 0 Å². The van der Waals surface area contributed by atoms with E-state index in [1.165, 1.54) is 18.2 Å². The van der Waals surface area contributed by atoms with Crippen molar-refractivity contribution in [2.75, 3.05) is 0 Å². The van der Waals surface area contributed by atoms with Crippen LogP contribution in [-0.2, 0) is 6.54 Å². The summed E-state index contributed by atoms with van der Waals surface area (Å²) in [5.74, 6) is -0.944. The number of halogens is 3. The molecule has 0 spiro atoms. The average molecular weight is 353 g/mol. The summed E-state index contributed by atoms with van der Waals surface area (Å²) in [6, 6.07) is 12.8. The van der Waals surface area contributed by atoms with Gasteiger partial charge >= 0.3 is 12.4 Å². The number of hydrazine groups is 1. The summed E-state index contributed by atoms with van der Waals surface area (Å²) >= 11 is 0. The summed E-state index contributed by atoms with van der Waals surface area (Å²) in [5, 5.41) is 2.32. The first-order valence-corrected chi connectivity index (χ1v) is 7.08. The van der Waals surface area contributed by atoms with Gasteiger partial charge in [0.1, 0.15) is 5.75 Å². The number of rotatable bonds is 4. The molecule has 3 N–H and O–H groups in total. The molecule has 2 rings (SSSR count). The summed E-state index contributed by atoms with van der Waals surface area (Å²) < 4.78 is 40.8. The number of urea groups is 1. The van der Waals surface area contributed by atoms with Gasteiger partial charge in [-0.25, -0.2) is 10.2 Å². The van der Waals surface area contributed by atoms with Gasteiger partial charge in [0.2, 0.25) is 0 Å². The first kappa shape index (κ1) is 18.1. The minimum Gasteiger partial charge on any atom is -0.405 e. The molecule has 0 unspecified atom stereocenters. The Hall–Kier alpha value is -3.23. The standard InChI is InChI=1S/C16H14F3N3O3/c17-16(18,19)25-13-9-5-4-8-12(13)10-20-15(24)22-21-14(23)11-6-2-1-3-7-11/h1-9H,10H2,(H,21,23)(H2,20,22,24). The molecule has 0 fully saturated rings. The second kappa shape index (κ2) is 8.04. The quantitative estimate of drug-likeness (QED) is 0.740. The Balaban J connectivity index is 1.85. The molecule has 0 heterocycles. The fraction of sp³-hybridized carbons (Fsp3) is 0.125. The fourth-order valence-electron chi connectivity index (χ4n) is 1.87. The Morgan fingerprint density at radius 3 is 2.24 bits per heavy atom. The van der Waals surface area contributed by atoms with Gasteiger partial charge in [-0.1, -0.05) is 36.4 Å². The maximum atomic E-state index is 12.3. The van der Waals surface area contributed by atoms with E-state index in [0.717, 1.165) is 6.07 Å². The van der Waals surface area contributed by atoms with Crippen LogP contribution >= 0.6 is 0 Å². The van der Waals surface area contributed by atoms with Gasteiger partial charge in [0.25, 0.3) is 5.91 Å². The lowest BCUT2D eigenvalue weighted by Gasteiger charge is -2.14. The largest absolute Gasteiger partial charge is 0.573 e. The van der Waals surface area contributed by atoms with Gasteiger partial charge in [-0.15, -0.1) is 13.2 Å². The van der Waals surface area contributed by atoms with Crippen LogP contribution in [0.3, 0.4) is 0 Å². The molecular weight excluding hydrogens is 339 g/mol. The number of ether oxygens (including phenoxy) is 1. The van der Waals surface area contributed by atoms with Crippen LogP contribution in [0.15, 0.2) is 54.6 Å². The lowest BCUT2D eigenvalue weighted by atomic mass is 10.2. The van der Waals surface area contributed by atoms with E-state index in [2.05, 4.69) is 20.9 Å². The second-order valence-electron chi connectivity index (χ2n) is 4.78. The number of hydrogen-bond acceptors (Lipinski definition) is 3. The number of alkyl halides is 3. The Morgan fingerprint density at radius 2 is 1.56 bits per heavy atom. The highest BCUT2D eigenvalue weighted by atomic mass is 19.4. The Labute approximate surface area is 141 Å². The van der Waals surface area contributed by atoms with Gasteiger partial charge < -0.3 is 10.1 Å². The van der Waals surface area contributed by atoms with E-state index in [1.54, 1.807) is 30.3 Å². The smallest absolute Gasteiger partial charge is 0.405 e. The van der Waals surface area contributed by atoms with Gasteiger partial charge in [-0.2, -0.15) is 0 Å². The zero-order valence-electron chi connectivity index (χ0n) is 12.8. The lowest BCUT2D eigenvalue weighted by molar-refractivity contribution is -0.274. The van der Waals surface area contributed by atoms with Crippen LogP contribution in [0, 0.1) is 0 Å². The molecule has 132 valence electrons. The Morgan fingerprint density at radius 1 is 0.920 bits per heavy atom. The van der Waals surface area contributed by atoms with Crippen LogP contribution in [0.1, 0.15) is 15.9 Å². The number of amides is 3. The summed E-state index contributed by atoms with van der Waals surface area (Å²) in [6.45, 7) is -0.223. The normalized spacial score (nSPS) is 10.7. The van der Waals surface area contributed by atoms with Gasteiger partial charge in [-0.3, -0.25) is 10.2 Å². The predicted octanol–water partition coefficient (Wildman–Crippen LogP) is 2.73. The van der Waals surface area contributed by atoms with Gasteiger partial charge in [0, 0.05) is 17.7 Å². The molecule has 0 saturated carbocycles. The molecule has 0 aliphatic rings. The SMILES string of the molecule is O=C(NCc1ccccc1OC(F)(F)F)NNC(=O)c1ccccc1. The molecule has 2 aromatic carbocycles. The highest BCUT2D eigenvalue weighted by Crippen LogP contribution is 2.25. The fourth-order valence-corrected chi connectivity index (χ4v) is 1.87. The third kappa shape index (κ3) is 6.05. The average Bonchev–Trinajstić information content (AvgIpc) is 2.58. The van der Waals surface area contributed by atoms with E-state index in [1.807, 2.05) is 0 Å². The lowest BCUT2D eigenvalue weighted by Crippen LogP contribution is -2.46. The van der Waals surface area contributed by atoms with Crippen LogP contribution in [0.5, 0.6) is 5.75 Å². The summed E-state index contributed by atoms with van der Waals surface area (Å²) in [6.07, 6.45) is -4.83. The highest BCUT2D eigenvalue weighted by molar-refractivity contribution is 5.95. The number of carbonyl (C=O) groups is 2. The van der Waals surface area contributed by atoms with Crippen molar-refractivity contribution in [2.45, 2.75) is 12.9 Å². The van der Waals surface area contributed by atoms with Crippen LogP contribution in [0.25, 0.3) is 0 Å². The Bertz CT molecular complexity index is 736. The van der Waals surface area contributed by atoms with Crippen LogP contribution in [0.2, 0.25) is 0 Å². The van der Waals surface area contributed by atoms with E-state index >= 15 is 0 Å². The first-order chi connectivity index (χ1) is 11.8. The number of nitrogens with one attached hydrogen (secondary N) is 3.